The van der Waals surface area contributed by atoms with Crippen molar-refractivity contribution in [3.63, 3.8) is 0 Å². The second kappa shape index (κ2) is 4.41. The number of halogens is 1. The van der Waals surface area contributed by atoms with Gasteiger partial charge in [0.15, 0.2) is 0 Å². The predicted octanol–water partition coefficient (Wildman–Crippen LogP) is 3.07. The molecule has 4 heteroatoms. The highest BCUT2D eigenvalue weighted by atomic mass is 19.1. The molecule has 0 radical (unpaired) electrons. The Balaban J connectivity index is 2.10. The van der Waals surface area contributed by atoms with Crippen LogP contribution >= 0.6 is 0 Å². The van der Waals surface area contributed by atoms with Crippen molar-refractivity contribution in [2.45, 2.75) is 0 Å². The second-order valence-corrected chi connectivity index (χ2v) is 3.86. The zero-order valence-electron chi connectivity index (χ0n) is 9.49. The number of imidazole rings is 1. The van der Waals surface area contributed by atoms with Gasteiger partial charge in [0.1, 0.15) is 5.82 Å². The first kappa shape index (κ1) is 10.7. The normalized spacial score (nSPS) is 10.5. The molecule has 88 valence electrons. The lowest BCUT2D eigenvalue weighted by Gasteiger charge is -2.07. The zero-order valence-corrected chi connectivity index (χ0v) is 9.49. The van der Waals surface area contributed by atoms with Crippen molar-refractivity contribution in [3.05, 3.63) is 67.1 Å². The van der Waals surface area contributed by atoms with Gasteiger partial charge in [-0.15, -0.1) is 0 Å². The molecule has 3 nitrogen and oxygen atoms in total. The molecule has 2 heterocycles. The van der Waals surface area contributed by atoms with Crippen molar-refractivity contribution in [1.82, 2.24) is 14.5 Å². The number of pyridine rings is 1. The first-order chi connectivity index (χ1) is 8.84. The van der Waals surface area contributed by atoms with Gasteiger partial charge in [-0.3, -0.25) is 9.55 Å². The van der Waals surface area contributed by atoms with Crippen molar-refractivity contribution in [1.29, 1.82) is 0 Å². The molecule has 3 aromatic rings. The number of hydrogen-bond acceptors (Lipinski definition) is 2. The minimum atomic E-state index is -0.242. The van der Waals surface area contributed by atoms with Gasteiger partial charge in [0.25, 0.3) is 0 Å². The monoisotopic (exact) mass is 239 g/mol. The van der Waals surface area contributed by atoms with E-state index in [0.717, 1.165) is 16.9 Å². The third kappa shape index (κ3) is 1.88. The van der Waals surface area contributed by atoms with E-state index in [2.05, 4.69) is 9.97 Å². The molecule has 0 bridgehead atoms. The molecule has 0 N–H and O–H groups in total. The van der Waals surface area contributed by atoms with Gasteiger partial charge in [0.2, 0.25) is 0 Å². The molecule has 0 aliphatic rings. The molecular formula is C14H10FN3. The van der Waals surface area contributed by atoms with E-state index in [1.165, 1.54) is 12.1 Å². The first-order valence-electron chi connectivity index (χ1n) is 5.53. The van der Waals surface area contributed by atoms with Crippen LogP contribution in [0.25, 0.3) is 16.9 Å². The maximum Gasteiger partial charge on any atom is 0.123 e. The summed E-state index contributed by atoms with van der Waals surface area (Å²) in [5.74, 6) is -0.242. The smallest absolute Gasteiger partial charge is 0.123 e. The van der Waals surface area contributed by atoms with Crippen LogP contribution in [0.1, 0.15) is 0 Å². The van der Waals surface area contributed by atoms with Crippen molar-refractivity contribution in [2.75, 3.05) is 0 Å². The first-order valence-corrected chi connectivity index (χ1v) is 5.53. The third-order valence-corrected chi connectivity index (χ3v) is 2.72. The van der Waals surface area contributed by atoms with Gasteiger partial charge in [-0.1, -0.05) is 0 Å². The summed E-state index contributed by atoms with van der Waals surface area (Å²) in [6.45, 7) is 0. The van der Waals surface area contributed by atoms with Gasteiger partial charge in [-0.05, 0) is 36.4 Å². The molecular weight excluding hydrogens is 229 g/mol. The summed E-state index contributed by atoms with van der Waals surface area (Å²) in [4.78, 5) is 8.13. The lowest BCUT2D eigenvalue weighted by Crippen LogP contribution is -1.95. The highest BCUT2D eigenvalue weighted by molar-refractivity contribution is 5.61. The van der Waals surface area contributed by atoms with Crippen LogP contribution in [-0.4, -0.2) is 14.5 Å². The van der Waals surface area contributed by atoms with Crippen LogP contribution in [0.4, 0.5) is 4.39 Å². The maximum absolute atomic E-state index is 12.9. The molecule has 0 fully saturated rings. The van der Waals surface area contributed by atoms with Crippen molar-refractivity contribution >= 4 is 0 Å². The van der Waals surface area contributed by atoms with Crippen LogP contribution in [0.3, 0.4) is 0 Å². The summed E-state index contributed by atoms with van der Waals surface area (Å²) in [5, 5.41) is 0. The van der Waals surface area contributed by atoms with Gasteiger partial charge >= 0.3 is 0 Å². The average molecular weight is 239 g/mol. The van der Waals surface area contributed by atoms with Gasteiger partial charge in [0, 0.05) is 18.0 Å². The lowest BCUT2D eigenvalue weighted by atomic mass is 10.1. The lowest BCUT2D eigenvalue weighted by molar-refractivity contribution is 0.628. The molecule has 0 saturated carbocycles. The van der Waals surface area contributed by atoms with Crippen LogP contribution in [0.2, 0.25) is 0 Å². The van der Waals surface area contributed by atoms with Crippen molar-refractivity contribution in [2.24, 2.45) is 0 Å². The molecule has 3 rings (SSSR count). The molecule has 0 saturated heterocycles. The van der Waals surface area contributed by atoms with Crippen molar-refractivity contribution < 1.29 is 4.39 Å². The predicted molar refractivity (Wildman–Crippen MR) is 66.8 cm³/mol. The van der Waals surface area contributed by atoms with Gasteiger partial charge in [0.05, 0.1) is 23.9 Å². The minimum Gasteiger partial charge on any atom is -0.299 e. The summed E-state index contributed by atoms with van der Waals surface area (Å²) >= 11 is 0. The fraction of sp³-hybridized carbons (Fsp3) is 0. The fourth-order valence-electron chi connectivity index (χ4n) is 1.84. The van der Waals surface area contributed by atoms with E-state index >= 15 is 0 Å². The topological polar surface area (TPSA) is 30.7 Å². The Hall–Kier alpha value is -2.49. The van der Waals surface area contributed by atoms with Gasteiger partial charge < -0.3 is 0 Å². The Bertz CT molecular complexity index is 644. The Morgan fingerprint density at radius 1 is 0.889 bits per heavy atom. The highest BCUT2D eigenvalue weighted by Crippen LogP contribution is 2.22. The molecule has 0 unspecified atom stereocenters. The SMILES string of the molecule is Fc1ccc(-c2cncn2-c2ccncc2)cc1. The van der Waals surface area contributed by atoms with E-state index in [9.17, 15) is 4.39 Å². The number of aromatic nitrogens is 3. The summed E-state index contributed by atoms with van der Waals surface area (Å²) in [7, 11) is 0. The Morgan fingerprint density at radius 3 is 2.33 bits per heavy atom. The molecule has 0 aliphatic carbocycles. The minimum absolute atomic E-state index is 0.242. The maximum atomic E-state index is 12.9. The number of rotatable bonds is 2. The number of nitrogens with zero attached hydrogens (tertiary/aromatic N) is 3. The van der Waals surface area contributed by atoms with Crippen LogP contribution in [0.5, 0.6) is 0 Å². The summed E-state index contributed by atoms with van der Waals surface area (Å²) in [5.41, 5.74) is 2.81. The summed E-state index contributed by atoms with van der Waals surface area (Å²) < 4.78 is 14.9. The molecule has 0 aliphatic heterocycles. The Morgan fingerprint density at radius 2 is 1.61 bits per heavy atom. The van der Waals surface area contributed by atoms with Crippen LogP contribution in [0, 0.1) is 5.82 Å². The fourth-order valence-corrected chi connectivity index (χ4v) is 1.84. The molecule has 0 atom stereocenters. The Kier molecular flexibility index (Phi) is 2.61. The third-order valence-electron chi connectivity index (χ3n) is 2.72. The number of benzene rings is 1. The second-order valence-electron chi connectivity index (χ2n) is 3.86. The van der Waals surface area contributed by atoms with Gasteiger partial charge in [-0.25, -0.2) is 9.37 Å². The van der Waals surface area contributed by atoms with Crippen LogP contribution in [0.15, 0.2) is 61.3 Å². The van der Waals surface area contributed by atoms with Crippen molar-refractivity contribution in [3.8, 4) is 16.9 Å². The quantitative estimate of drug-likeness (QED) is 0.688. The van der Waals surface area contributed by atoms with Gasteiger partial charge in [-0.2, -0.15) is 0 Å². The van der Waals surface area contributed by atoms with E-state index < -0.39 is 0 Å². The molecule has 2 aromatic heterocycles. The highest BCUT2D eigenvalue weighted by Gasteiger charge is 2.06. The average Bonchev–Trinajstić information content (AvgIpc) is 2.90. The zero-order chi connectivity index (χ0) is 12.4. The van der Waals surface area contributed by atoms with E-state index in [-0.39, 0.29) is 5.82 Å². The summed E-state index contributed by atoms with van der Waals surface area (Å²) in [6, 6.07) is 10.2. The van der Waals surface area contributed by atoms with E-state index in [4.69, 9.17) is 0 Å². The standard InChI is InChI=1S/C14H10FN3/c15-12-3-1-11(2-4-12)14-9-17-10-18(14)13-5-7-16-8-6-13/h1-10H. The largest absolute Gasteiger partial charge is 0.299 e. The summed E-state index contributed by atoms with van der Waals surface area (Å²) in [6.07, 6.45) is 6.94. The van der Waals surface area contributed by atoms with Crippen LogP contribution < -0.4 is 0 Å². The molecule has 1 aromatic carbocycles. The van der Waals surface area contributed by atoms with E-state index in [1.54, 1.807) is 37.1 Å². The molecule has 0 spiro atoms. The van der Waals surface area contributed by atoms with E-state index in [1.807, 2.05) is 16.7 Å². The molecule has 18 heavy (non-hydrogen) atoms. The molecule has 0 amide bonds. The number of hydrogen-bond donors (Lipinski definition) is 0. The Labute approximate surface area is 104 Å². The van der Waals surface area contributed by atoms with E-state index in [0.29, 0.717) is 0 Å². The van der Waals surface area contributed by atoms with Crippen LogP contribution in [-0.2, 0) is 0 Å².